The fourth-order valence-electron chi connectivity index (χ4n) is 4.33. The minimum absolute atomic E-state index is 0.208. The van der Waals surface area contributed by atoms with E-state index in [1.54, 1.807) is 18.5 Å². The van der Waals surface area contributed by atoms with Gasteiger partial charge in [-0.25, -0.2) is 0 Å². The lowest BCUT2D eigenvalue weighted by Crippen LogP contribution is -2.56. The number of aromatic amines is 1. The zero-order chi connectivity index (χ0) is 18.4. The molecule has 27 heavy (non-hydrogen) atoms. The summed E-state index contributed by atoms with van der Waals surface area (Å²) in [5.74, 6) is 0.884. The van der Waals surface area contributed by atoms with Crippen molar-refractivity contribution in [2.24, 2.45) is 5.92 Å². The Balaban J connectivity index is 1.39. The van der Waals surface area contributed by atoms with Crippen LogP contribution in [0, 0.1) is 5.92 Å². The van der Waals surface area contributed by atoms with Gasteiger partial charge in [0.15, 0.2) is 5.01 Å². The van der Waals surface area contributed by atoms with Gasteiger partial charge in [0.25, 0.3) is 0 Å². The van der Waals surface area contributed by atoms with Crippen LogP contribution in [0.25, 0.3) is 21.7 Å². The first kappa shape index (κ1) is 16.7. The molecule has 2 saturated heterocycles. The van der Waals surface area contributed by atoms with Crippen LogP contribution in [0.15, 0.2) is 30.6 Å². The van der Waals surface area contributed by atoms with Crippen molar-refractivity contribution in [1.29, 1.82) is 0 Å². The van der Waals surface area contributed by atoms with Crippen LogP contribution in [0.4, 0.5) is 5.13 Å². The maximum absolute atomic E-state index is 10.5. The first-order chi connectivity index (χ1) is 13.2. The molecule has 4 heterocycles. The van der Waals surface area contributed by atoms with Crippen LogP contribution in [-0.2, 0) is 0 Å². The van der Waals surface area contributed by atoms with Gasteiger partial charge < -0.3 is 15.3 Å². The van der Waals surface area contributed by atoms with Crippen LogP contribution in [0.1, 0.15) is 19.3 Å². The average molecular weight is 382 g/mol. The molecule has 2 aliphatic heterocycles. The molecule has 2 aromatic heterocycles. The third-order valence-electron chi connectivity index (χ3n) is 5.90. The molecule has 0 radical (unpaired) electrons. The molecule has 0 spiro atoms. The van der Waals surface area contributed by atoms with Crippen molar-refractivity contribution in [2.75, 3.05) is 18.5 Å². The molecule has 140 valence electrons. The van der Waals surface area contributed by atoms with Gasteiger partial charge in [-0.3, -0.25) is 5.10 Å². The number of nitrogens with one attached hydrogen (secondary N) is 2. The van der Waals surface area contributed by atoms with Crippen molar-refractivity contribution in [1.82, 2.24) is 25.7 Å². The normalized spacial score (nSPS) is 24.3. The summed E-state index contributed by atoms with van der Waals surface area (Å²) in [4.78, 5) is 2.29. The van der Waals surface area contributed by atoms with Gasteiger partial charge in [-0.2, -0.15) is 5.10 Å². The highest BCUT2D eigenvalue weighted by atomic mass is 32.1. The van der Waals surface area contributed by atoms with E-state index in [2.05, 4.69) is 37.7 Å². The minimum Gasteiger partial charge on any atom is -0.507 e. The fourth-order valence-corrected chi connectivity index (χ4v) is 5.23. The van der Waals surface area contributed by atoms with E-state index in [-0.39, 0.29) is 5.75 Å². The summed E-state index contributed by atoms with van der Waals surface area (Å²) < 4.78 is 0. The number of phenols is 1. The number of nitrogens with zero attached hydrogens (tertiary/aromatic N) is 4. The van der Waals surface area contributed by atoms with Crippen molar-refractivity contribution >= 4 is 16.5 Å². The summed E-state index contributed by atoms with van der Waals surface area (Å²) >= 11 is 1.54. The second kappa shape index (κ2) is 6.61. The van der Waals surface area contributed by atoms with Gasteiger partial charge in [0.05, 0.1) is 11.8 Å². The summed E-state index contributed by atoms with van der Waals surface area (Å²) in [6.07, 6.45) is 7.28. The van der Waals surface area contributed by atoms with E-state index >= 15 is 0 Å². The van der Waals surface area contributed by atoms with E-state index < -0.39 is 0 Å². The minimum atomic E-state index is 0.208. The van der Waals surface area contributed by atoms with E-state index in [1.165, 1.54) is 30.6 Å². The number of aromatic hydroxyl groups is 1. The number of fused-ring (bicyclic) bond motifs is 3. The quantitative estimate of drug-likeness (QED) is 0.643. The summed E-state index contributed by atoms with van der Waals surface area (Å²) in [7, 11) is 2.12. The standard InChI is InChI=1S/C19H22N6OS/c1-25(16-7-14-4-2-12(16)8-20-14)19-24-23-18(27-19)15-5-3-11(6-17(15)26)13-9-21-22-10-13/h3,5-6,9-10,12,14,16,20,26H,2,4,7-8H2,1H3,(H,21,22)/t12?,14?,16-/m1/s1. The van der Waals surface area contributed by atoms with Crippen molar-refractivity contribution < 1.29 is 5.11 Å². The van der Waals surface area contributed by atoms with Gasteiger partial charge in [0, 0.05) is 37.4 Å². The Morgan fingerprint density at radius 3 is 2.81 bits per heavy atom. The molecule has 6 rings (SSSR count). The highest BCUT2D eigenvalue weighted by molar-refractivity contribution is 7.18. The summed E-state index contributed by atoms with van der Waals surface area (Å²) in [6, 6.07) is 6.76. The number of rotatable bonds is 4. The number of anilines is 1. The Morgan fingerprint density at radius 1 is 1.22 bits per heavy atom. The van der Waals surface area contributed by atoms with Gasteiger partial charge in [-0.05, 0) is 42.9 Å². The molecular formula is C19H22N6OS. The third kappa shape index (κ3) is 2.98. The predicted octanol–water partition coefficient (Wildman–Crippen LogP) is 2.88. The lowest BCUT2D eigenvalue weighted by Gasteiger charge is -2.46. The Bertz CT molecular complexity index is 932. The monoisotopic (exact) mass is 382 g/mol. The van der Waals surface area contributed by atoms with E-state index in [0.717, 1.165) is 27.8 Å². The molecule has 2 unspecified atom stereocenters. The molecule has 7 nitrogen and oxygen atoms in total. The average Bonchev–Trinajstić information content (AvgIpc) is 3.40. The van der Waals surface area contributed by atoms with Gasteiger partial charge in [0.2, 0.25) is 5.13 Å². The number of benzene rings is 1. The second-order valence-corrected chi connectivity index (χ2v) is 8.42. The van der Waals surface area contributed by atoms with Crippen LogP contribution >= 0.6 is 11.3 Å². The number of hydrogen-bond donors (Lipinski definition) is 3. The van der Waals surface area contributed by atoms with Crippen molar-refractivity contribution in [2.45, 2.75) is 31.3 Å². The highest BCUT2D eigenvalue weighted by Gasteiger charge is 2.38. The third-order valence-corrected chi connectivity index (χ3v) is 6.95. The largest absolute Gasteiger partial charge is 0.507 e. The zero-order valence-electron chi connectivity index (χ0n) is 15.1. The van der Waals surface area contributed by atoms with Crippen LogP contribution in [0.5, 0.6) is 5.75 Å². The highest BCUT2D eigenvalue weighted by Crippen LogP contribution is 2.39. The molecule has 2 bridgehead atoms. The van der Waals surface area contributed by atoms with Crippen molar-refractivity contribution in [3.63, 3.8) is 0 Å². The van der Waals surface area contributed by atoms with Gasteiger partial charge in [-0.1, -0.05) is 17.4 Å². The second-order valence-electron chi connectivity index (χ2n) is 7.47. The number of hydrogen-bond acceptors (Lipinski definition) is 7. The van der Waals surface area contributed by atoms with Crippen LogP contribution < -0.4 is 10.2 Å². The smallest absolute Gasteiger partial charge is 0.208 e. The predicted molar refractivity (Wildman–Crippen MR) is 106 cm³/mol. The first-order valence-electron chi connectivity index (χ1n) is 9.31. The number of phenolic OH excluding ortho intramolecular Hbond substituents is 1. The van der Waals surface area contributed by atoms with Crippen molar-refractivity contribution in [3.8, 4) is 27.4 Å². The fraction of sp³-hybridized carbons (Fsp3) is 0.421. The molecule has 3 fully saturated rings. The Labute approximate surface area is 161 Å². The Hall–Kier alpha value is -2.45. The molecule has 0 amide bonds. The molecule has 1 aliphatic carbocycles. The Morgan fingerprint density at radius 2 is 2.15 bits per heavy atom. The molecule has 3 atom stereocenters. The Kier molecular flexibility index (Phi) is 4.09. The molecule has 1 aromatic carbocycles. The van der Waals surface area contributed by atoms with E-state index in [1.807, 2.05) is 12.1 Å². The number of H-pyrrole nitrogens is 1. The first-order valence-corrected chi connectivity index (χ1v) is 10.1. The molecular weight excluding hydrogens is 360 g/mol. The molecule has 3 aliphatic rings. The molecule has 3 aromatic rings. The molecule has 1 saturated carbocycles. The zero-order valence-corrected chi connectivity index (χ0v) is 15.9. The molecule has 3 N–H and O–H groups in total. The van der Waals surface area contributed by atoms with E-state index in [9.17, 15) is 5.11 Å². The van der Waals surface area contributed by atoms with Gasteiger partial charge in [-0.15, -0.1) is 10.2 Å². The van der Waals surface area contributed by atoms with E-state index in [0.29, 0.717) is 23.6 Å². The number of piperidine rings is 2. The number of aromatic nitrogens is 4. The summed E-state index contributed by atoms with van der Waals surface area (Å²) in [5, 5.41) is 31.3. The van der Waals surface area contributed by atoms with Crippen molar-refractivity contribution in [3.05, 3.63) is 30.6 Å². The SMILES string of the molecule is CN(c1nnc(-c2ccc(-c3cn[nH]c3)cc2O)s1)[C@@H]1CC2CCC1CN2. The molecule has 8 heteroatoms. The lowest BCUT2D eigenvalue weighted by molar-refractivity contribution is 0.178. The van der Waals surface area contributed by atoms with E-state index in [4.69, 9.17) is 0 Å². The summed E-state index contributed by atoms with van der Waals surface area (Å²) in [5.41, 5.74) is 2.57. The van der Waals surface area contributed by atoms with Gasteiger partial charge >= 0.3 is 0 Å². The van der Waals surface area contributed by atoms with Crippen LogP contribution in [-0.4, -0.2) is 51.2 Å². The summed E-state index contributed by atoms with van der Waals surface area (Å²) in [6.45, 7) is 1.10. The lowest BCUT2D eigenvalue weighted by atomic mass is 9.77. The van der Waals surface area contributed by atoms with Gasteiger partial charge in [0.1, 0.15) is 5.75 Å². The van der Waals surface area contributed by atoms with Crippen LogP contribution in [0.3, 0.4) is 0 Å². The van der Waals surface area contributed by atoms with Crippen LogP contribution in [0.2, 0.25) is 0 Å². The maximum Gasteiger partial charge on any atom is 0.208 e. The maximum atomic E-state index is 10.5. The topological polar surface area (TPSA) is 90.0 Å².